The summed E-state index contributed by atoms with van der Waals surface area (Å²) in [6.07, 6.45) is 2.14. The fourth-order valence-corrected chi connectivity index (χ4v) is 2.27. The molecule has 0 spiro atoms. The van der Waals surface area contributed by atoms with Crippen LogP contribution in [-0.4, -0.2) is 18.2 Å². The Morgan fingerprint density at radius 2 is 2.24 bits per heavy atom. The van der Waals surface area contributed by atoms with Gasteiger partial charge in [-0.25, -0.2) is 0 Å². The van der Waals surface area contributed by atoms with Gasteiger partial charge < -0.3 is 11.1 Å². The van der Waals surface area contributed by atoms with Crippen LogP contribution in [0.25, 0.3) is 0 Å². The van der Waals surface area contributed by atoms with E-state index in [0.717, 1.165) is 35.5 Å². The van der Waals surface area contributed by atoms with Crippen molar-refractivity contribution in [3.63, 3.8) is 0 Å². The summed E-state index contributed by atoms with van der Waals surface area (Å²) < 4.78 is 0. The molecule has 0 atom stereocenters. The maximum Gasteiger partial charge on any atom is 0.230 e. The molecule has 0 aliphatic carbocycles. The van der Waals surface area contributed by atoms with Gasteiger partial charge in [-0.1, -0.05) is 13.3 Å². The molecule has 1 amide bonds. The van der Waals surface area contributed by atoms with Crippen LogP contribution in [0.2, 0.25) is 0 Å². The number of unbranched alkanes of at least 4 members (excludes halogenated alkanes) is 1. The number of carbonyl (C=O) groups excluding carboxylic acids is 1. The first kappa shape index (κ1) is 13.9. The molecule has 0 heterocycles. The molecule has 1 aromatic carbocycles. The summed E-state index contributed by atoms with van der Waals surface area (Å²) in [5.41, 5.74) is 7.56. The third-order valence-electron chi connectivity index (χ3n) is 2.41. The van der Waals surface area contributed by atoms with E-state index in [1.165, 1.54) is 0 Å². The Kier molecular flexibility index (Phi) is 5.91. The Labute approximate surface area is 107 Å². The molecule has 3 nitrogen and oxygen atoms in total. The van der Waals surface area contributed by atoms with Crippen molar-refractivity contribution in [1.29, 1.82) is 0 Å². The average Bonchev–Trinajstić information content (AvgIpc) is 2.28. The van der Waals surface area contributed by atoms with Crippen LogP contribution in [0.15, 0.2) is 23.1 Å². The van der Waals surface area contributed by atoms with Gasteiger partial charge in [0.2, 0.25) is 5.91 Å². The third kappa shape index (κ3) is 5.13. The fraction of sp³-hybridized carbons (Fsp3) is 0.462. The van der Waals surface area contributed by atoms with Crippen LogP contribution in [0.1, 0.15) is 25.3 Å². The zero-order chi connectivity index (χ0) is 12.7. The number of hydrogen-bond donors (Lipinski definition) is 2. The number of thioether (sulfide) groups is 1. The van der Waals surface area contributed by atoms with Crippen LogP contribution in [0.3, 0.4) is 0 Å². The van der Waals surface area contributed by atoms with Gasteiger partial charge in [0.15, 0.2) is 0 Å². The number of nitrogen functional groups attached to an aromatic ring is 1. The molecule has 4 heteroatoms. The zero-order valence-corrected chi connectivity index (χ0v) is 11.3. The molecule has 94 valence electrons. The molecule has 17 heavy (non-hydrogen) atoms. The Morgan fingerprint density at radius 1 is 1.47 bits per heavy atom. The lowest BCUT2D eigenvalue weighted by Gasteiger charge is -2.07. The minimum absolute atomic E-state index is 0.0969. The normalized spacial score (nSPS) is 10.2. The Balaban J connectivity index is 2.37. The Bertz CT molecular complexity index is 380. The van der Waals surface area contributed by atoms with Gasteiger partial charge in [0.05, 0.1) is 5.75 Å². The van der Waals surface area contributed by atoms with E-state index in [1.54, 1.807) is 11.8 Å². The van der Waals surface area contributed by atoms with Crippen molar-refractivity contribution < 1.29 is 4.79 Å². The minimum atomic E-state index is 0.0969. The molecule has 0 saturated heterocycles. The van der Waals surface area contributed by atoms with Gasteiger partial charge in [-0.3, -0.25) is 4.79 Å². The van der Waals surface area contributed by atoms with Gasteiger partial charge in [-0.2, -0.15) is 0 Å². The molecular weight excluding hydrogens is 232 g/mol. The number of rotatable bonds is 6. The summed E-state index contributed by atoms with van der Waals surface area (Å²) >= 11 is 1.55. The molecular formula is C13H20N2OS. The van der Waals surface area contributed by atoms with Gasteiger partial charge in [0, 0.05) is 17.1 Å². The number of nitrogens with one attached hydrogen (secondary N) is 1. The quantitative estimate of drug-likeness (QED) is 0.465. The number of anilines is 1. The molecule has 0 unspecified atom stereocenters. The summed E-state index contributed by atoms with van der Waals surface area (Å²) in [5, 5.41) is 2.90. The molecule has 0 saturated carbocycles. The number of nitrogens with two attached hydrogens (primary N) is 1. The van der Waals surface area contributed by atoms with Crippen LogP contribution >= 0.6 is 11.8 Å². The van der Waals surface area contributed by atoms with Crippen LogP contribution in [0, 0.1) is 6.92 Å². The zero-order valence-electron chi connectivity index (χ0n) is 10.5. The van der Waals surface area contributed by atoms with E-state index in [0.29, 0.717) is 5.75 Å². The van der Waals surface area contributed by atoms with E-state index < -0.39 is 0 Å². The van der Waals surface area contributed by atoms with Gasteiger partial charge in [0.25, 0.3) is 0 Å². The van der Waals surface area contributed by atoms with Crippen LogP contribution in [-0.2, 0) is 4.79 Å². The lowest BCUT2D eigenvalue weighted by Crippen LogP contribution is -2.25. The lowest BCUT2D eigenvalue weighted by atomic mass is 10.2. The highest BCUT2D eigenvalue weighted by atomic mass is 32.2. The van der Waals surface area contributed by atoms with Crippen molar-refractivity contribution >= 4 is 23.4 Å². The number of aryl methyl sites for hydroxylation is 1. The van der Waals surface area contributed by atoms with Gasteiger partial charge in [-0.05, 0) is 37.1 Å². The largest absolute Gasteiger partial charge is 0.399 e. The maximum atomic E-state index is 11.5. The Hall–Kier alpha value is -1.16. The molecule has 0 aromatic heterocycles. The lowest BCUT2D eigenvalue weighted by molar-refractivity contribution is -0.118. The molecule has 3 N–H and O–H groups in total. The highest BCUT2D eigenvalue weighted by Crippen LogP contribution is 2.23. The Morgan fingerprint density at radius 3 is 2.88 bits per heavy atom. The topological polar surface area (TPSA) is 55.1 Å². The summed E-state index contributed by atoms with van der Waals surface area (Å²) in [6, 6.07) is 5.76. The van der Waals surface area contributed by atoms with Crippen LogP contribution in [0.5, 0.6) is 0 Å². The van der Waals surface area contributed by atoms with E-state index in [-0.39, 0.29) is 5.91 Å². The first-order valence-corrected chi connectivity index (χ1v) is 6.87. The molecule has 0 bridgehead atoms. The highest BCUT2D eigenvalue weighted by molar-refractivity contribution is 8.00. The average molecular weight is 252 g/mol. The molecule has 0 radical (unpaired) electrons. The van der Waals surface area contributed by atoms with Gasteiger partial charge in [0.1, 0.15) is 0 Å². The highest BCUT2D eigenvalue weighted by Gasteiger charge is 2.04. The standard InChI is InChI=1S/C13H20N2OS/c1-3-4-7-15-13(16)9-17-12-6-5-11(14)8-10(12)2/h5-6,8H,3-4,7,9,14H2,1-2H3,(H,15,16). The SMILES string of the molecule is CCCCNC(=O)CSc1ccc(N)cc1C. The predicted molar refractivity (Wildman–Crippen MR) is 74.2 cm³/mol. The van der Waals surface area contributed by atoms with Gasteiger partial charge in [-0.15, -0.1) is 11.8 Å². The van der Waals surface area contributed by atoms with Crippen molar-refractivity contribution in [3.05, 3.63) is 23.8 Å². The van der Waals surface area contributed by atoms with Crippen LogP contribution < -0.4 is 11.1 Å². The second-order valence-corrected chi connectivity index (χ2v) is 5.03. The van der Waals surface area contributed by atoms with Crippen LogP contribution in [0.4, 0.5) is 5.69 Å². The summed E-state index contributed by atoms with van der Waals surface area (Å²) in [4.78, 5) is 12.6. The predicted octanol–water partition coefficient (Wildman–Crippen LogP) is 2.59. The number of hydrogen-bond acceptors (Lipinski definition) is 3. The monoisotopic (exact) mass is 252 g/mol. The minimum Gasteiger partial charge on any atom is -0.399 e. The molecule has 0 fully saturated rings. The summed E-state index contributed by atoms with van der Waals surface area (Å²) in [5.74, 6) is 0.564. The number of carbonyl (C=O) groups is 1. The third-order valence-corrected chi connectivity index (χ3v) is 3.59. The fourth-order valence-electron chi connectivity index (χ4n) is 1.43. The number of amides is 1. The van der Waals surface area contributed by atoms with Crippen molar-refractivity contribution in [2.75, 3.05) is 18.0 Å². The number of benzene rings is 1. The van der Waals surface area contributed by atoms with E-state index in [9.17, 15) is 4.79 Å². The van der Waals surface area contributed by atoms with Crippen molar-refractivity contribution in [1.82, 2.24) is 5.32 Å². The summed E-state index contributed by atoms with van der Waals surface area (Å²) in [6.45, 7) is 4.89. The van der Waals surface area contributed by atoms with Crippen molar-refractivity contribution in [3.8, 4) is 0 Å². The van der Waals surface area contributed by atoms with E-state index in [2.05, 4.69) is 12.2 Å². The van der Waals surface area contributed by atoms with E-state index in [4.69, 9.17) is 5.73 Å². The van der Waals surface area contributed by atoms with E-state index in [1.807, 2.05) is 25.1 Å². The smallest absolute Gasteiger partial charge is 0.230 e. The summed E-state index contributed by atoms with van der Waals surface area (Å²) in [7, 11) is 0. The van der Waals surface area contributed by atoms with Crippen molar-refractivity contribution in [2.24, 2.45) is 0 Å². The van der Waals surface area contributed by atoms with Gasteiger partial charge >= 0.3 is 0 Å². The van der Waals surface area contributed by atoms with Crippen molar-refractivity contribution in [2.45, 2.75) is 31.6 Å². The molecule has 0 aliphatic heterocycles. The molecule has 1 aromatic rings. The first-order chi connectivity index (χ1) is 8.13. The first-order valence-electron chi connectivity index (χ1n) is 5.89. The second kappa shape index (κ2) is 7.22. The molecule has 1 rings (SSSR count). The molecule has 0 aliphatic rings. The van der Waals surface area contributed by atoms with E-state index >= 15 is 0 Å². The second-order valence-electron chi connectivity index (χ2n) is 4.02. The maximum absolute atomic E-state index is 11.5.